The van der Waals surface area contributed by atoms with Gasteiger partial charge in [0.2, 0.25) is 0 Å². The number of nitrogen functional groups attached to an aromatic ring is 1. The average molecular weight is 300 g/mol. The molecule has 0 aliphatic heterocycles. The lowest BCUT2D eigenvalue weighted by Crippen LogP contribution is -2.03. The summed E-state index contributed by atoms with van der Waals surface area (Å²) >= 11 is 1.68. The largest absolute Gasteiger partial charge is 0.397 e. The van der Waals surface area contributed by atoms with Gasteiger partial charge < -0.3 is 10.8 Å². The molecule has 0 amide bonds. The molecule has 0 fully saturated rings. The van der Waals surface area contributed by atoms with E-state index in [1.165, 1.54) is 0 Å². The number of hydrogen-bond donors (Lipinski definition) is 2. The Bertz CT molecular complexity index is 320. The highest BCUT2D eigenvalue weighted by Crippen LogP contribution is 2.26. The Kier molecular flexibility index (Phi) is 3.37. The van der Waals surface area contributed by atoms with E-state index in [1.807, 2.05) is 0 Å². The summed E-state index contributed by atoms with van der Waals surface area (Å²) in [6, 6.07) is 1.14. The van der Waals surface area contributed by atoms with Crippen LogP contribution in [0.2, 0.25) is 0 Å². The molecule has 3 N–H and O–H groups in total. The summed E-state index contributed by atoms with van der Waals surface area (Å²) in [6.07, 6.45) is -2.59. The SMILES string of the molecule is Nc1cc(C(F)F)c(I)nc1CO. The monoisotopic (exact) mass is 300 g/mol. The third kappa shape index (κ3) is 2.25. The van der Waals surface area contributed by atoms with E-state index in [0.29, 0.717) is 0 Å². The van der Waals surface area contributed by atoms with Gasteiger partial charge in [-0.25, -0.2) is 13.8 Å². The van der Waals surface area contributed by atoms with Crippen molar-refractivity contribution in [2.45, 2.75) is 13.0 Å². The highest BCUT2D eigenvalue weighted by atomic mass is 127. The fourth-order valence-corrected chi connectivity index (χ4v) is 1.52. The van der Waals surface area contributed by atoms with E-state index in [4.69, 9.17) is 10.8 Å². The number of alkyl halides is 2. The van der Waals surface area contributed by atoms with Crippen molar-refractivity contribution < 1.29 is 13.9 Å². The molecule has 1 aromatic rings. The molecule has 0 radical (unpaired) electrons. The number of hydrogen-bond acceptors (Lipinski definition) is 3. The number of nitrogens with two attached hydrogens (primary N) is 1. The number of aromatic nitrogens is 1. The van der Waals surface area contributed by atoms with Gasteiger partial charge in [-0.1, -0.05) is 0 Å². The molecule has 0 saturated heterocycles. The van der Waals surface area contributed by atoms with E-state index in [-0.39, 0.29) is 27.3 Å². The number of halogens is 3. The van der Waals surface area contributed by atoms with E-state index < -0.39 is 6.43 Å². The van der Waals surface area contributed by atoms with Gasteiger partial charge in [-0.3, -0.25) is 0 Å². The lowest BCUT2D eigenvalue weighted by Gasteiger charge is -2.07. The van der Waals surface area contributed by atoms with Gasteiger partial charge in [0.05, 0.1) is 23.6 Å². The highest BCUT2D eigenvalue weighted by molar-refractivity contribution is 14.1. The number of pyridine rings is 1. The third-order valence-corrected chi connectivity index (χ3v) is 2.36. The lowest BCUT2D eigenvalue weighted by molar-refractivity contribution is 0.149. The Balaban J connectivity index is 3.20. The van der Waals surface area contributed by atoms with E-state index in [0.717, 1.165) is 6.07 Å². The smallest absolute Gasteiger partial charge is 0.266 e. The van der Waals surface area contributed by atoms with Crippen LogP contribution >= 0.6 is 22.6 Å². The number of aliphatic hydroxyl groups excluding tert-OH is 1. The topological polar surface area (TPSA) is 59.1 Å². The zero-order valence-corrected chi connectivity index (χ0v) is 8.62. The average Bonchev–Trinajstić information content (AvgIpc) is 2.07. The zero-order chi connectivity index (χ0) is 10.0. The molecular weight excluding hydrogens is 293 g/mol. The molecule has 72 valence electrons. The van der Waals surface area contributed by atoms with Crippen LogP contribution in [0.1, 0.15) is 17.7 Å². The molecule has 0 atom stereocenters. The minimum absolute atomic E-state index is 0.0956. The molecular formula is C7H7F2IN2O. The van der Waals surface area contributed by atoms with Crippen molar-refractivity contribution in [3.05, 3.63) is 21.0 Å². The summed E-state index contributed by atoms with van der Waals surface area (Å²) < 4.78 is 24.7. The van der Waals surface area contributed by atoms with Crippen LogP contribution in [-0.4, -0.2) is 10.1 Å². The first kappa shape index (κ1) is 10.6. The van der Waals surface area contributed by atoms with Crippen molar-refractivity contribution in [2.75, 3.05) is 5.73 Å². The zero-order valence-electron chi connectivity index (χ0n) is 6.47. The second kappa shape index (κ2) is 4.14. The van der Waals surface area contributed by atoms with Crippen LogP contribution in [0.3, 0.4) is 0 Å². The number of rotatable bonds is 2. The summed E-state index contributed by atoms with van der Waals surface area (Å²) in [5.74, 6) is 0. The molecule has 0 aromatic carbocycles. The first-order valence-electron chi connectivity index (χ1n) is 3.40. The van der Waals surface area contributed by atoms with Crippen LogP contribution in [0.4, 0.5) is 14.5 Å². The number of anilines is 1. The molecule has 0 aliphatic rings. The fourth-order valence-electron chi connectivity index (χ4n) is 0.838. The van der Waals surface area contributed by atoms with Crippen LogP contribution < -0.4 is 5.73 Å². The normalized spacial score (nSPS) is 10.8. The Labute approximate surface area is 87.1 Å². The minimum Gasteiger partial charge on any atom is -0.397 e. The van der Waals surface area contributed by atoms with Crippen molar-refractivity contribution in [2.24, 2.45) is 0 Å². The van der Waals surface area contributed by atoms with Crippen LogP contribution in [0.15, 0.2) is 6.07 Å². The van der Waals surface area contributed by atoms with Crippen molar-refractivity contribution >= 4 is 28.3 Å². The Hall–Kier alpha value is -0.500. The van der Waals surface area contributed by atoms with Crippen molar-refractivity contribution in [3.8, 4) is 0 Å². The molecule has 0 aliphatic carbocycles. The van der Waals surface area contributed by atoms with E-state index in [9.17, 15) is 8.78 Å². The van der Waals surface area contributed by atoms with Gasteiger partial charge in [-0.05, 0) is 28.7 Å². The summed E-state index contributed by atoms with van der Waals surface area (Å²) in [7, 11) is 0. The summed E-state index contributed by atoms with van der Waals surface area (Å²) in [5, 5.41) is 8.74. The molecule has 6 heteroatoms. The maximum Gasteiger partial charge on any atom is 0.266 e. The maximum atomic E-state index is 12.3. The van der Waals surface area contributed by atoms with Crippen molar-refractivity contribution in [1.29, 1.82) is 0 Å². The maximum absolute atomic E-state index is 12.3. The quantitative estimate of drug-likeness (QED) is 0.645. The Morgan fingerprint density at radius 3 is 2.69 bits per heavy atom. The highest BCUT2D eigenvalue weighted by Gasteiger charge is 2.15. The fraction of sp³-hybridized carbons (Fsp3) is 0.286. The summed E-state index contributed by atoms with van der Waals surface area (Å²) in [5.41, 5.74) is 5.51. The predicted molar refractivity (Wildman–Crippen MR) is 52.2 cm³/mol. The standard InChI is InChI=1S/C7H7F2IN2O/c8-6(9)3-1-4(11)5(2-13)12-7(3)10/h1,6,13H,2,11H2. The van der Waals surface area contributed by atoms with Gasteiger partial charge in [0.1, 0.15) is 3.70 Å². The van der Waals surface area contributed by atoms with E-state index in [2.05, 4.69) is 4.98 Å². The third-order valence-electron chi connectivity index (χ3n) is 1.50. The second-order valence-electron chi connectivity index (χ2n) is 2.36. The Morgan fingerprint density at radius 2 is 2.23 bits per heavy atom. The number of aliphatic hydroxyl groups is 1. The molecule has 0 saturated carbocycles. The molecule has 3 nitrogen and oxygen atoms in total. The van der Waals surface area contributed by atoms with E-state index >= 15 is 0 Å². The predicted octanol–water partition coefficient (Wildman–Crippen LogP) is 1.70. The molecule has 1 heterocycles. The van der Waals surface area contributed by atoms with E-state index in [1.54, 1.807) is 22.6 Å². The first-order valence-corrected chi connectivity index (χ1v) is 4.48. The van der Waals surface area contributed by atoms with Gasteiger partial charge in [-0.15, -0.1) is 0 Å². The second-order valence-corrected chi connectivity index (χ2v) is 3.38. The summed E-state index contributed by atoms with van der Waals surface area (Å²) in [6.45, 7) is -0.342. The lowest BCUT2D eigenvalue weighted by atomic mass is 10.2. The van der Waals surface area contributed by atoms with Crippen LogP contribution in [0, 0.1) is 3.70 Å². The van der Waals surface area contributed by atoms with Gasteiger partial charge >= 0.3 is 0 Å². The van der Waals surface area contributed by atoms with Crippen LogP contribution in [0.25, 0.3) is 0 Å². The van der Waals surface area contributed by atoms with Crippen LogP contribution in [0.5, 0.6) is 0 Å². The molecule has 0 unspecified atom stereocenters. The molecule has 1 rings (SSSR count). The van der Waals surface area contributed by atoms with Gasteiger partial charge in [0.15, 0.2) is 0 Å². The summed E-state index contributed by atoms with van der Waals surface area (Å²) in [4.78, 5) is 3.74. The Morgan fingerprint density at radius 1 is 1.62 bits per heavy atom. The first-order chi connectivity index (χ1) is 6.06. The van der Waals surface area contributed by atoms with Gasteiger partial charge in [0, 0.05) is 0 Å². The molecule has 0 spiro atoms. The number of nitrogens with zero attached hydrogens (tertiary/aromatic N) is 1. The van der Waals surface area contributed by atoms with Gasteiger partial charge in [0.25, 0.3) is 6.43 Å². The van der Waals surface area contributed by atoms with Crippen molar-refractivity contribution in [1.82, 2.24) is 4.98 Å². The van der Waals surface area contributed by atoms with Gasteiger partial charge in [-0.2, -0.15) is 0 Å². The minimum atomic E-state index is -2.59. The molecule has 1 aromatic heterocycles. The molecule has 0 bridgehead atoms. The van der Waals surface area contributed by atoms with Crippen LogP contribution in [-0.2, 0) is 6.61 Å². The van der Waals surface area contributed by atoms with Crippen molar-refractivity contribution in [3.63, 3.8) is 0 Å². The molecule has 13 heavy (non-hydrogen) atoms.